The normalized spacial score (nSPS) is 19.7. The zero-order valence-electron chi connectivity index (χ0n) is 17.0. The Morgan fingerprint density at radius 3 is 2.93 bits per heavy atom. The van der Waals surface area contributed by atoms with Crippen LogP contribution in [-0.4, -0.2) is 48.4 Å². The first kappa shape index (κ1) is 20.8. The molecule has 1 aliphatic rings. The molecule has 1 fully saturated rings. The smallest absolute Gasteiger partial charge is 0.242 e. The molecule has 9 nitrogen and oxygen atoms in total. The van der Waals surface area contributed by atoms with Gasteiger partial charge in [0.1, 0.15) is 17.6 Å². The Hall–Kier alpha value is -2.88. The van der Waals surface area contributed by atoms with E-state index in [1.165, 1.54) is 0 Å². The minimum absolute atomic E-state index is 0.172. The summed E-state index contributed by atoms with van der Waals surface area (Å²) in [6, 6.07) is 4.49. The van der Waals surface area contributed by atoms with Crippen LogP contribution in [0, 0.1) is 12.8 Å². The third kappa shape index (κ3) is 5.57. The summed E-state index contributed by atoms with van der Waals surface area (Å²) in [6.07, 6.45) is 1.43. The quantitative estimate of drug-likeness (QED) is 0.420. The highest BCUT2D eigenvalue weighted by molar-refractivity contribution is 6.30. The molecule has 2 aromatic heterocycles. The van der Waals surface area contributed by atoms with E-state index in [-0.39, 0.29) is 17.9 Å². The Labute approximate surface area is 170 Å². The second-order valence-electron chi connectivity index (χ2n) is 7.63. The molecular formula is C19H27BN6O3. The molecular weight excluding hydrogens is 371 g/mol. The molecule has 1 aliphatic heterocycles. The first-order chi connectivity index (χ1) is 13.8. The highest BCUT2D eigenvalue weighted by Gasteiger charge is 2.31. The molecule has 0 spiro atoms. The van der Waals surface area contributed by atoms with E-state index in [0.29, 0.717) is 24.7 Å². The van der Waals surface area contributed by atoms with E-state index in [0.717, 1.165) is 35.6 Å². The van der Waals surface area contributed by atoms with Gasteiger partial charge >= 0.3 is 0 Å². The van der Waals surface area contributed by atoms with Gasteiger partial charge in [0.2, 0.25) is 11.8 Å². The number of nitrogens with two attached hydrogens (primary N) is 1. The number of anilines is 1. The maximum absolute atomic E-state index is 12.5. The number of nitrogens with one attached hydrogen (secondary N) is 3. The van der Waals surface area contributed by atoms with Crippen LogP contribution in [-0.2, 0) is 22.6 Å². The van der Waals surface area contributed by atoms with E-state index in [1.807, 2.05) is 26.9 Å². The Morgan fingerprint density at radius 2 is 2.24 bits per heavy atom. The molecule has 154 valence electrons. The van der Waals surface area contributed by atoms with Gasteiger partial charge in [0.15, 0.2) is 7.85 Å². The third-order valence-corrected chi connectivity index (χ3v) is 5.13. The lowest BCUT2D eigenvalue weighted by Gasteiger charge is -2.17. The van der Waals surface area contributed by atoms with Crippen molar-refractivity contribution in [3.05, 3.63) is 35.2 Å². The van der Waals surface area contributed by atoms with E-state index in [9.17, 15) is 9.59 Å². The first-order valence-electron chi connectivity index (χ1n) is 9.77. The van der Waals surface area contributed by atoms with Gasteiger partial charge in [0, 0.05) is 24.3 Å². The van der Waals surface area contributed by atoms with E-state index < -0.39 is 6.04 Å². The number of rotatable bonds is 7. The number of amides is 2. The molecule has 2 amide bonds. The molecule has 0 aromatic carbocycles. The number of nitrogens with zero attached hydrogens (tertiary/aromatic N) is 2. The van der Waals surface area contributed by atoms with Gasteiger partial charge in [-0.25, -0.2) is 4.98 Å². The summed E-state index contributed by atoms with van der Waals surface area (Å²) in [7, 11) is 1.88. The first-order valence-corrected chi connectivity index (χ1v) is 9.77. The van der Waals surface area contributed by atoms with Crippen LogP contribution in [0.15, 0.2) is 22.7 Å². The molecule has 3 atom stereocenters. The molecule has 29 heavy (non-hydrogen) atoms. The van der Waals surface area contributed by atoms with E-state index >= 15 is 0 Å². The Morgan fingerprint density at radius 1 is 1.45 bits per heavy atom. The lowest BCUT2D eigenvalue weighted by Crippen LogP contribution is -2.50. The summed E-state index contributed by atoms with van der Waals surface area (Å²) in [5.41, 5.74) is 8.14. The van der Waals surface area contributed by atoms with Gasteiger partial charge in [-0.05, 0) is 50.4 Å². The van der Waals surface area contributed by atoms with Gasteiger partial charge in [-0.15, -0.1) is 0 Å². The van der Waals surface area contributed by atoms with Crippen molar-refractivity contribution < 1.29 is 14.1 Å². The monoisotopic (exact) mass is 398 g/mol. The summed E-state index contributed by atoms with van der Waals surface area (Å²) in [4.78, 5) is 29.0. The largest absolute Gasteiger partial charge is 0.384 e. The fraction of sp³-hybridized carbons (Fsp3) is 0.474. The molecule has 5 N–H and O–H groups in total. The highest BCUT2D eigenvalue weighted by atomic mass is 16.5. The van der Waals surface area contributed by atoms with Crippen LogP contribution in [0.2, 0.25) is 0 Å². The molecule has 1 saturated heterocycles. The van der Waals surface area contributed by atoms with Crippen LogP contribution in [0.1, 0.15) is 30.4 Å². The number of aromatic nitrogens is 2. The lowest BCUT2D eigenvalue weighted by molar-refractivity contribution is -0.129. The topological polar surface area (TPSA) is 135 Å². The SMILES string of the molecule is Bc1cc(C[C@@H]2CN[C@@H](C(=O)N[C@@H](C)C(=O)NCc3ccc(N)nc3C)C2)on1. The number of pyridine rings is 1. The Balaban J connectivity index is 1.44. The van der Waals surface area contributed by atoms with Crippen LogP contribution in [0.5, 0.6) is 0 Å². The summed E-state index contributed by atoms with van der Waals surface area (Å²) in [5.74, 6) is 1.15. The van der Waals surface area contributed by atoms with Gasteiger partial charge in [0.05, 0.1) is 6.04 Å². The molecule has 2 aromatic rings. The Bertz CT molecular complexity index is 887. The van der Waals surface area contributed by atoms with Gasteiger partial charge in [-0.2, -0.15) is 0 Å². The van der Waals surface area contributed by atoms with Crippen LogP contribution in [0.25, 0.3) is 0 Å². The third-order valence-electron chi connectivity index (χ3n) is 5.13. The summed E-state index contributed by atoms with van der Waals surface area (Å²) >= 11 is 0. The Kier molecular flexibility index (Phi) is 6.53. The van der Waals surface area contributed by atoms with Gasteiger partial charge in [-0.1, -0.05) is 11.2 Å². The summed E-state index contributed by atoms with van der Waals surface area (Å²) < 4.78 is 5.25. The zero-order chi connectivity index (χ0) is 21.0. The van der Waals surface area contributed by atoms with Crippen LogP contribution < -0.4 is 27.3 Å². The minimum Gasteiger partial charge on any atom is -0.384 e. The predicted molar refractivity (Wildman–Crippen MR) is 111 cm³/mol. The number of nitrogen functional groups attached to an aromatic ring is 1. The lowest BCUT2D eigenvalue weighted by atomic mass is 9.98. The second kappa shape index (κ2) is 9.08. The molecule has 0 aliphatic carbocycles. The summed E-state index contributed by atoms with van der Waals surface area (Å²) in [5, 5.41) is 12.7. The molecule has 0 unspecified atom stereocenters. The molecule has 0 bridgehead atoms. The van der Waals surface area contributed by atoms with E-state index in [1.54, 1.807) is 13.0 Å². The molecule has 10 heteroatoms. The average molecular weight is 398 g/mol. The van der Waals surface area contributed by atoms with Crippen molar-refractivity contribution in [2.24, 2.45) is 5.92 Å². The van der Waals surface area contributed by atoms with Crippen molar-refractivity contribution in [1.82, 2.24) is 26.1 Å². The average Bonchev–Trinajstić information content (AvgIpc) is 3.30. The van der Waals surface area contributed by atoms with Crippen LogP contribution in [0.3, 0.4) is 0 Å². The van der Waals surface area contributed by atoms with Crippen molar-refractivity contribution in [3.63, 3.8) is 0 Å². The standard InChI is InChI=1S/C19H27BN6O3/c1-10-13(3-4-17(21)24-10)9-23-18(27)11(2)25-19(28)15-6-12(8-22-15)5-14-7-16(20)26-29-14/h3-4,7,11-12,15,22H,5-6,8-9,20H2,1-2H3,(H2,21,24)(H,23,27)(H,25,28)/t11-,12-,15+/m0/s1. The van der Waals surface area contributed by atoms with E-state index in [2.05, 4.69) is 26.1 Å². The predicted octanol–water partition coefficient (Wildman–Crippen LogP) is -1.44. The maximum Gasteiger partial charge on any atom is 0.242 e. The molecule has 0 radical (unpaired) electrons. The van der Waals surface area contributed by atoms with Crippen molar-refractivity contribution in [2.45, 2.75) is 45.3 Å². The summed E-state index contributed by atoms with van der Waals surface area (Å²) in [6.45, 7) is 4.57. The van der Waals surface area contributed by atoms with Gasteiger partial charge in [0.25, 0.3) is 0 Å². The number of carbonyl (C=O) groups excluding carboxylic acids is 2. The number of hydrogen-bond donors (Lipinski definition) is 4. The van der Waals surface area contributed by atoms with Crippen molar-refractivity contribution >= 4 is 31.1 Å². The minimum atomic E-state index is -0.637. The van der Waals surface area contributed by atoms with Gasteiger partial charge in [-0.3, -0.25) is 9.59 Å². The van der Waals surface area contributed by atoms with Crippen LogP contribution >= 0.6 is 0 Å². The molecule has 3 heterocycles. The maximum atomic E-state index is 12.5. The number of aryl methyl sites for hydroxylation is 1. The molecule has 3 rings (SSSR count). The van der Waals surface area contributed by atoms with Crippen molar-refractivity contribution in [3.8, 4) is 0 Å². The highest BCUT2D eigenvalue weighted by Crippen LogP contribution is 2.19. The zero-order valence-corrected chi connectivity index (χ0v) is 17.0. The van der Waals surface area contributed by atoms with Crippen LogP contribution in [0.4, 0.5) is 5.82 Å². The number of carbonyl (C=O) groups is 2. The second-order valence-corrected chi connectivity index (χ2v) is 7.63. The van der Waals surface area contributed by atoms with E-state index in [4.69, 9.17) is 10.3 Å². The van der Waals surface area contributed by atoms with Crippen molar-refractivity contribution in [1.29, 1.82) is 0 Å². The van der Waals surface area contributed by atoms with Crippen molar-refractivity contribution in [2.75, 3.05) is 12.3 Å². The fourth-order valence-electron chi connectivity index (χ4n) is 3.47. The van der Waals surface area contributed by atoms with Gasteiger partial charge < -0.3 is 26.2 Å². The molecule has 0 saturated carbocycles. The fourth-order valence-corrected chi connectivity index (χ4v) is 3.47. The number of hydrogen-bond acceptors (Lipinski definition) is 7.